The molecule has 0 bridgehead atoms. The molecule has 2 aromatic heterocycles. The number of pyridine rings is 1. The number of amides is 3. The lowest BCUT2D eigenvalue weighted by molar-refractivity contribution is -0.123. The molecule has 1 fully saturated rings. The third-order valence-electron chi connectivity index (χ3n) is 4.79. The molecule has 0 radical (unpaired) electrons. The van der Waals surface area contributed by atoms with E-state index in [1.807, 2.05) is 73.0 Å². The number of aromatic nitrogens is 2. The monoisotopic (exact) mass is 372 g/mol. The lowest BCUT2D eigenvalue weighted by Gasteiger charge is -2.11. The van der Waals surface area contributed by atoms with Gasteiger partial charge in [0.2, 0.25) is 0 Å². The highest BCUT2D eigenvalue weighted by atomic mass is 16.2. The second-order valence-corrected chi connectivity index (χ2v) is 6.71. The van der Waals surface area contributed by atoms with Crippen LogP contribution in [0.1, 0.15) is 22.5 Å². The van der Waals surface area contributed by atoms with E-state index in [0.717, 1.165) is 28.3 Å². The van der Waals surface area contributed by atoms with Gasteiger partial charge in [0.25, 0.3) is 5.91 Å². The van der Waals surface area contributed by atoms with Crippen LogP contribution in [0.3, 0.4) is 0 Å². The third-order valence-corrected chi connectivity index (χ3v) is 4.79. The van der Waals surface area contributed by atoms with Gasteiger partial charge in [-0.25, -0.2) is 9.78 Å². The predicted octanol–water partition coefficient (Wildman–Crippen LogP) is 3.58. The summed E-state index contributed by atoms with van der Waals surface area (Å²) in [5.41, 5.74) is 4.00. The first kappa shape index (κ1) is 17.7. The molecule has 140 valence electrons. The van der Waals surface area contributed by atoms with Gasteiger partial charge in [-0.1, -0.05) is 36.4 Å². The van der Waals surface area contributed by atoms with E-state index in [2.05, 4.69) is 10.3 Å². The molecule has 0 spiro atoms. The van der Waals surface area contributed by atoms with Crippen LogP contribution in [0, 0.1) is 13.8 Å². The fourth-order valence-corrected chi connectivity index (χ4v) is 3.41. The third kappa shape index (κ3) is 3.20. The second kappa shape index (κ2) is 7.15. The molecule has 6 nitrogen and oxygen atoms in total. The van der Waals surface area contributed by atoms with Crippen molar-refractivity contribution in [2.24, 2.45) is 0 Å². The number of urea groups is 1. The molecule has 0 unspecified atom stereocenters. The van der Waals surface area contributed by atoms with Gasteiger partial charge in [0, 0.05) is 17.6 Å². The number of aryl methyl sites for hydroxylation is 1. The Morgan fingerprint density at radius 1 is 1.04 bits per heavy atom. The van der Waals surface area contributed by atoms with Crippen molar-refractivity contribution >= 4 is 18.0 Å². The van der Waals surface area contributed by atoms with Gasteiger partial charge in [-0.15, -0.1) is 0 Å². The Bertz CT molecular complexity index is 1070. The molecule has 28 heavy (non-hydrogen) atoms. The zero-order chi connectivity index (χ0) is 19.7. The number of hydrogen-bond donors (Lipinski definition) is 1. The molecule has 0 saturated carbocycles. The molecule has 6 heteroatoms. The molecule has 1 N–H and O–H groups in total. The summed E-state index contributed by atoms with van der Waals surface area (Å²) in [5, 5.41) is 2.69. The lowest BCUT2D eigenvalue weighted by atomic mass is 10.2. The Morgan fingerprint density at radius 3 is 2.50 bits per heavy atom. The van der Waals surface area contributed by atoms with E-state index in [9.17, 15) is 9.59 Å². The van der Waals surface area contributed by atoms with E-state index in [-0.39, 0.29) is 18.1 Å². The minimum atomic E-state index is -0.404. The molecule has 1 aliphatic rings. The summed E-state index contributed by atoms with van der Waals surface area (Å²) < 4.78 is 2.02. The van der Waals surface area contributed by atoms with Gasteiger partial charge in [0.15, 0.2) is 0 Å². The molecule has 0 atom stereocenters. The van der Waals surface area contributed by atoms with Crippen LogP contribution in [-0.4, -0.2) is 26.4 Å². The zero-order valence-corrected chi connectivity index (χ0v) is 15.7. The van der Waals surface area contributed by atoms with E-state index in [0.29, 0.717) is 0 Å². The second-order valence-electron chi connectivity index (χ2n) is 6.71. The van der Waals surface area contributed by atoms with Gasteiger partial charge in [0.05, 0.1) is 6.54 Å². The van der Waals surface area contributed by atoms with Crippen molar-refractivity contribution in [1.82, 2.24) is 19.8 Å². The fourth-order valence-electron chi connectivity index (χ4n) is 3.41. The van der Waals surface area contributed by atoms with Crippen molar-refractivity contribution in [3.8, 4) is 5.82 Å². The Hall–Kier alpha value is -3.67. The Labute approximate surface area is 163 Å². The summed E-state index contributed by atoms with van der Waals surface area (Å²) in [6.45, 7) is 4.20. The topological polar surface area (TPSA) is 67.2 Å². The largest absolute Gasteiger partial charge is 0.329 e. The molecule has 3 aromatic rings. The predicted molar refractivity (Wildman–Crippen MR) is 107 cm³/mol. The van der Waals surface area contributed by atoms with Gasteiger partial charge < -0.3 is 9.88 Å². The van der Waals surface area contributed by atoms with Gasteiger partial charge in [0.1, 0.15) is 11.5 Å². The summed E-state index contributed by atoms with van der Waals surface area (Å²) >= 11 is 0. The Kier molecular flexibility index (Phi) is 4.53. The van der Waals surface area contributed by atoms with Crippen molar-refractivity contribution in [3.63, 3.8) is 0 Å². The van der Waals surface area contributed by atoms with Crippen LogP contribution in [0.15, 0.2) is 66.5 Å². The van der Waals surface area contributed by atoms with E-state index in [1.165, 1.54) is 4.90 Å². The first-order chi connectivity index (χ1) is 13.5. The van der Waals surface area contributed by atoms with Crippen LogP contribution in [0.5, 0.6) is 0 Å². The molecule has 1 aromatic carbocycles. The van der Waals surface area contributed by atoms with E-state index in [1.54, 1.807) is 12.3 Å². The number of benzene rings is 1. The number of hydrogen-bond acceptors (Lipinski definition) is 3. The number of carbonyl (C=O) groups is 2. The summed E-state index contributed by atoms with van der Waals surface area (Å²) in [4.78, 5) is 30.7. The van der Waals surface area contributed by atoms with Crippen LogP contribution < -0.4 is 5.32 Å². The minimum absolute atomic E-state index is 0.246. The Balaban J connectivity index is 1.63. The highest BCUT2D eigenvalue weighted by Gasteiger charge is 2.33. The maximum atomic E-state index is 12.8. The molecular formula is C22H20N4O2. The first-order valence-electron chi connectivity index (χ1n) is 9.03. The maximum Gasteiger partial charge on any atom is 0.329 e. The van der Waals surface area contributed by atoms with Crippen LogP contribution >= 0.6 is 0 Å². The number of rotatable bonds is 4. The van der Waals surface area contributed by atoms with Crippen molar-refractivity contribution < 1.29 is 9.59 Å². The van der Waals surface area contributed by atoms with Crippen LogP contribution in [-0.2, 0) is 11.3 Å². The smallest absolute Gasteiger partial charge is 0.303 e. The normalized spacial score (nSPS) is 15.4. The van der Waals surface area contributed by atoms with Crippen LogP contribution in [0.25, 0.3) is 11.9 Å². The summed E-state index contributed by atoms with van der Waals surface area (Å²) in [6.07, 6.45) is 3.47. The average Bonchev–Trinajstić information content (AvgIpc) is 3.13. The van der Waals surface area contributed by atoms with E-state index >= 15 is 0 Å². The Morgan fingerprint density at radius 2 is 1.79 bits per heavy atom. The van der Waals surface area contributed by atoms with Crippen LogP contribution in [0.2, 0.25) is 0 Å². The van der Waals surface area contributed by atoms with Crippen molar-refractivity contribution in [2.45, 2.75) is 20.4 Å². The number of nitrogens with one attached hydrogen (secondary N) is 1. The maximum absolute atomic E-state index is 12.8. The SMILES string of the molecule is Cc1cc(/C=C2/NC(=O)N(Cc3ccccc3)C2=O)c(C)n1-c1ccccn1. The zero-order valence-electron chi connectivity index (χ0n) is 15.7. The molecular weight excluding hydrogens is 352 g/mol. The summed E-state index contributed by atoms with van der Waals surface area (Å²) in [7, 11) is 0. The fraction of sp³-hybridized carbons (Fsp3) is 0.136. The highest BCUT2D eigenvalue weighted by molar-refractivity contribution is 6.13. The molecule has 1 aliphatic heterocycles. The van der Waals surface area contributed by atoms with Crippen molar-refractivity contribution in [3.05, 3.63) is 89.0 Å². The molecule has 0 aliphatic carbocycles. The van der Waals surface area contributed by atoms with Gasteiger partial charge in [-0.3, -0.25) is 9.69 Å². The van der Waals surface area contributed by atoms with Gasteiger partial charge >= 0.3 is 6.03 Å². The quantitative estimate of drug-likeness (QED) is 0.562. The average molecular weight is 372 g/mol. The van der Waals surface area contributed by atoms with Gasteiger partial charge in [-0.2, -0.15) is 0 Å². The van der Waals surface area contributed by atoms with E-state index in [4.69, 9.17) is 0 Å². The summed E-state index contributed by atoms with van der Waals surface area (Å²) in [6, 6.07) is 16.8. The molecule has 3 heterocycles. The van der Waals surface area contributed by atoms with Crippen molar-refractivity contribution in [1.29, 1.82) is 0 Å². The standard InChI is InChI=1S/C22H20N4O2/c1-15-12-18(16(2)26(15)20-10-6-7-11-23-20)13-19-21(27)25(22(28)24-19)14-17-8-4-3-5-9-17/h3-13H,14H2,1-2H3,(H,24,28)/b19-13+. The van der Waals surface area contributed by atoms with Crippen LogP contribution in [0.4, 0.5) is 4.79 Å². The molecule has 1 saturated heterocycles. The van der Waals surface area contributed by atoms with Crippen molar-refractivity contribution in [2.75, 3.05) is 0 Å². The first-order valence-corrected chi connectivity index (χ1v) is 9.03. The number of imide groups is 1. The van der Waals surface area contributed by atoms with Gasteiger partial charge in [-0.05, 0) is 49.2 Å². The lowest BCUT2D eigenvalue weighted by Crippen LogP contribution is -2.30. The number of carbonyl (C=O) groups excluding carboxylic acids is 2. The molecule has 4 rings (SSSR count). The number of nitrogens with zero attached hydrogens (tertiary/aromatic N) is 3. The molecule has 3 amide bonds. The highest BCUT2D eigenvalue weighted by Crippen LogP contribution is 2.23. The van der Waals surface area contributed by atoms with E-state index < -0.39 is 6.03 Å². The summed E-state index contributed by atoms with van der Waals surface area (Å²) in [5.74, 6) is 0.492. The minimum Gasteiger partial charge on any atom is -0.303 e.